The molecule has 0 bridgehead atoms. The van der Waals surface area contributed by atoms with Crippen LogP contribution >= 0.6 is 0 Å². The summed E-state index contributed by atoms with van der Waals surface area (Å²) >= 11 is 0. The summed E-state index contributed by atoms with van der Waals surface area (Å²) in [5, 5.41) is 4.93. The van der Waals surface area contributed by atoms with Crippen molar-refractivity contribution in [3.63, 3.8) is 0 Å². The van der Waals surface area contributed by atoms with Crippen molar-refractivity contribution in [2.75, 3.05) is 13.1 Å². The minimum atomic E-state index is -0.789. The summed E-state index contributed by atoms with van der Waals surface area (Å²) in [6, 6.07) is 4.51. The maximum atomic E-state index is 13.5. The predicted molar refractivity (Wildman–Crippen MR) is 101 cm³/mol. The lowest BCUT2D eigenvalue weighted by atomic mass is 10.1. The van der Waals surface area contributed by atoms with Crippen molar-refractivity contribution in [1.82, 2.24) is 19.6 Å². The molecule has 4 nitrogen and oxygen atoms in total. The topological polar surface area (TPSA) is 24.3 Å². The number of benzene rings is 1. The van der Waals surface area contributed by atoms with E-state index >= 15 is 0 Å². The van der Waals surface area contributed by atoms with E-state index in [1.165, 1.54) is 48.3 Å². The molecular formula is C21H28F2N4. The molecule has 1 saturated heterocycles. The Morgan fingerprint density at radius 2 is 1.74 bits per heavy atom. The molecule has 2 aliphatic heterocycles. The van der Waals surface area contributed by atoms with Gasteiger partial charge in [0.25, 0.3) is 0 Å². The molecular weight excluding hydrogens is 346 g/mol. The highest BCUT2D eigenvalue weighted by atomic mass is 19.2. The van der Waals surface area contributed by atoms with Gasteiger partial charge in [-0.25, -0.2) is 8.78 Å². The van der Waals surface area contributed by atoms with E-state index in [1.54, 1.807) is 6.07 Å². The largest absolute Gasteiger partial charge is 0.297 e. The fraction of sp³-hybridized carbons (Fsp3) is 0.571. The van der Waals surface area contributed by atoms with E-state index in [9.17, 15) is 8.78 Å². The third-order valence-corrected chi connectivity index (χ3v) is 5.66. The van der Waals surface area contributed by atoms with Gasteiger partial charge in [0.15, 0.2) is 11.6 Å². The lowest BCUT2D eigenvalue weighted by Gasteiger charge is -2.26. The Morgan fingerprint density at radius 1 is 0.963 bits per heavy atom. The molecule has 2 aliphatic rings. The number of halogens is 2. The Balaban J connectivity index is 1.52. The van der Waals surface area contributed by atoms with Crippen LogP contribution in [0.25, 0.3) is 0 Å². The molecule has 1 aromatic heterocycles. The van der Waals surface area contributed by atoms with Gasteiger partial charge in [-0.15, -0.1) is 0 Å². The van der Waals surface area contributed by atoms with Crippen LogP contribution in [0.4, 0.5) is 8.78 Å². The molecule has 27 heavy (non-hydrogen) atoms. The minimum Gasteiger partial charge on any atom is -0.297 e. The van der Waals surface area contributed by atoms with Crippen LogP contribution < -0.4 is 0 Å². The fourth-order valence-corrected chi connectivity index (χ4v) is 4.29. The number of nitrogens with zero attached hydrogens (tertiary/aromatic N) is 4. The van der Waals surface area contributed by atoms with Crippen molar-refractivity contribution >= 4 is 0 Å². The summed E-state index contributed by atoms with van der Waals surface area (Å²) in [7, 11) is 0. The average molecular weight is 374 g/mol. The third kappa shape index (κ3) is 3.92. The van der Waals surface area contributed by atoms with E-state index in [1.807, 2.05) is 0 Å². The predicted octanol–water partition coefficient (Wildman–Crippen LogP) is 4.24. The number of piperidine rings is 1. The highest BCUT2D eigenvalue weighted by molar-refractivity contribution is 5.31. The molecule has 0 radical (unpaired) electrons. The van der Waals surface area contributed by atoms with Crippen LogP contribution in [0.2, 0.25) is 0 Å². The summed E-state index contributed by atoms with van der Waals surface area (Å²) in [5.41, 5.74) is 4.60. The number of aromatic nitrogens is 2. The molecule has 0 unspecified atom stereocenters. The SMILES string of the molecule is CC(C)n1nc(CN2CCCCC2)c2c1CN(Cc1ccc(F)c(F)c1)C2. The first-order valence-electron chi connectivity index (χ1n) is 9.99. The van der Waals surface area contributed by atoms with Gasteiger partial charge in [-0.05, 0) is 57.5 Å². The van der Waals surface area contributed by atoms with Crippen molar-refractivity contribution in [2.45, 2.75) is 65.3 Å². The Hall–Kier alpha value is -1.79. The summed E-state index contributed by atoms with van der Waals surface area (Å²) in [5.74, 6) is -1.56. The standard InChI is InChI=1S/C21H28F2N4/c1-15(2)27-21-14-26(11-16-6-7-18(22)19(23)10-16)12-17(21)20(24-27)13-25-8-4-3-5-9-25/h6-7,10,15H,3-5,8-9,11-14H2,1-2H3. The van der Waals surface area contributed by atoms with Crippen molar-refractivity contribution in [2.24, 2.45) is 0 Å². The quantitative estimate of drug-likeness (QED) is 0.782. The van der Waals surface area contributed by atoms with Crippen LogP contribution in [0.15, 0.2) is 18.2 Å². The van der Waals surface area contributed by atoms with Crippen molar-refractivity contribution < 1.29 is 8.78 Å². The molecule has 4 rings (SSSR count). The Labute approximate surface area is 159 Å². The average Bonchev–Trinajstić information content (AvgIpc) is 3.19. The lowest BCUT2D eigenvalue weighted by molar-refractivity contribution is 0.214. The Kier molecular flexibility index (Phi) is 5.28. The molecule has 146 valence electrons. The number of hydrogen-bond donors (Lipinski definition) is 0. The second kappa shape index (κ2) is 7.68. The van der Waals surface area contributed by atoms with E-state index in [0.717, 1.165) is 38.3 Å². The molecule has 2 aromatic rings. The number of fused-ring (bicyclic) bond motifs is 1. The molecule has 0 spiro atoms. The summed E-state index contributed by atoms with van der Waals surface area (Å²) in [6.45, 7) is 9.80. The molecule has 0 amide bonds. The van der Waals surface area contributed by atoms with Gasteiger partial charge >= 0.3 is 0 Å². The highest BCUT2D eigenvalue weighted by Crippen LogP contribution is 2.30. The zero-order valence-corrected chi connectivity index (χ0v) is 16.2. The Bertz CT molecular complexity index is 809. The molecule has 0 N–H and O–H groups in total. The van der Waals surface area contributed by atoms with Crippen LogP contribution in [-0.4, -0.2) is 32.7 Å². The van der Waals surface area contributed by atoms with Crippen LogP contribution in [-0.2, 0) is 26.2 Å². The summed E-state index contributed by atoms with van der Waals surface area (Å²) in [6.07, 6.45) is 3.88. The van der Waals surface area contributed by atoms with Gasteiger partial charge in [0.2, 0.25) is 0 Å². The second-order valence-electron chi connectivity index (χ2n) is 8.14. The van der Waals surface area contributed by atoms with Crippen LogP contribution in [0.3, 0.4) is 0 Å². The first-order chi connectivity index (χ1) is 13.0. The first-order valence-corrected chi connectivity index (χ1v) is 9.99. The maximum Gasteiger partial charge on any atom is 0.159 e. The van der Waals surface area contributed by atoms with Gasteiger partial charge in [0.1, 0.15) is 0 Å². The molecule has 6 heteroatoms. The van der Waals surface area contributed by atoms with Crippen LogP contribution in [0.5, 0.6) is 0 Å². The molecule has 0 saturated carbocycles. The van der Waals surface area contributed by atoms with E-state index in [4.69, 9.17) is 5.10 Å². The number of rotatable bonds is 5. The molecule has 1 fully saturated rings. The van der Waals surface area contributed by atoms with Gasteiger partial charge in [-0.2, -0.15) is 5.10 Å². The summed E-state index contributed by atoms with van der Waals surface area (Å²) in [4.78, 5) is 4.80. The van der Waals surface area contributed by atoms with Gasteiger partial charge in [0.05, 0.1) is 11.4 Å². The highest BCUT2D eigenvalue weighted by Gasteiger charge is 2.29. The van der Waals surface area contributed by atoms with Crippen molar-refractivity contribution in [3.05, 3.63) is 52.3 Å². The van der Waals surface area contributed by atoms with Crippen LogP contribution in [0, 0.1) is 11.6 Å². The minimum absolute atomic E-state index is 0.317. The number of hydrogen-bond acceptors (Lipinski definition) is 3. The maximum absolute atomic E-state index is 13.5. The molecule has 1 aromatic carbocycles. The number of likely N-dealkylation sites (tertiary alicyclic amines) is 1. The van der Waals surface area contributed by atoms with E-state index < -0.39 is 11.6 Å². The van der Waals surface area contributed by atoms with Crippen molar-refractivity contribution in [3.8, 4) is 0 Å². The lowest BCUT2D eigenvalue weighted by Crippen LogP contribution is -2.30. The molecule has 0 aliphatic carbocycles. The second-order valence-corrected chi connectivity index (χ2v) is 8.14. The van der Waals surface area contributed by atoms with Gasteiger partial charge in [0, 0.05) is 37.8 Å². The zero-order valence-electron chi connectivity index (χ0n) is 16.2. The van der Waals surface area contributed by atoms with E-state index in [-0.39, 0.29) is 0 Å². The zero-order chi connectivity index (χ0) is 19.0. The van der Waals surface area contributed by atoms with E-state index in [2.05, 4.69) is 28.3 Å². The monoisotopic (exact) mass is 374 g/mol. The normalized spacial score (nSPS) is 18.4. The summed E-state index contributed by atoms with van der Waals surface area (Å²) < 4.78 is 28.9. The van der Waals surface area contributed by atoms with Crippen LogP contribution in [0.1, 0.15) is 61.7 Å². The van der Waals surface area contributed by atoms with Gasteiger partial charge < -0.3 is 0 Å². The van der Waals surface area contributed by atoms with Gasteiger partial charge in [-0.1, -0.05) is 12.5 Å². The first kappa shape index (κ1) is 18.6. The van der Waals surface area contributed by atoms with Gasteiger partial charge in [-0.3, -0.25) is 14.5 Å². The van der Waals surface area contributed by atoms with Crippen molar-refractivity contribution in [1.29, 1.82) is 0 Å². The van der Waals surface area contributed by atoms with E-state index in [0.29, 0.717) is 12.6 Å². The molecule has 3 heterocycles. The Morgan fingerprint density at radius 3 is 2.44 bits per heavy atom. The third-order valence-electron chi connectivity index (χ3n) is 5.66. The molecule has 0 atom stereocenters. The fourth-order valence-electron chi connectivity index (χ4n) is 4.29. The smallest absolute Gasteiger partial charge is 0.159 e.